The van der Waals surface area contributed by atoms with E-state index in [9.17, 15) is 4.79 Å². The molecule has 3 aromatic rings. The van der Waals surface area contributed by atoms with E-state index >= 15 is 0 Å². The third-order valence-electron chi connectivity index (χ3n) is 4.49. The van der Waals surface area contributed by atoms with Gasteiger partial charge in [0, 0.05) is 5.56 Å². The summed E-state index contributed by atoms with van der Waals surface area (Å²) in [5.41, 5.74) is 5.08. The second kappa shape index (κ2) is 8.59. The van der Waals surface area contributed by atoms with E-state index < -0.39 is 0 Å². The fourth-order valence-corrected chi connectivity index (χ4v) is 3.93. The summed E-state index contributed by atoms with van der Waals surface area (Å²) in [6.07, 6.45) is 3.45. The number of hydrogen-bond acceptors (Lipinski definition) is 4. The molecule has 0 aliphatic rings. The lowest BCUT2D eigenvalue weighted by molar-refractivity contribution is 0.0977. The first-order chi connectivity index (χ1) is 13.0. The Bertz CT molecular complexity index is 994. The number of nitrogens with zero attached hydrogens (tertiary/aromatic N) is 1. The molecule has 0 fully saturated rings. The van der Waals surface area contributed by atoms with E-state index in [1.54, 1.807) is 6.07 Å². The first kappa shape index (κ1) is 19.5. The maximum Gasteiger partial charge on any atom is 0.257 e. The molecule has 2 aromatic carbocycles. The Balaban J connectivity index is 1.66. The summed E-state index contributed by atoms with van der Waals surface area (Å²) in [5.74, 6) is -0.224. The van der Waals surface area contributed by atoms with Gasteiger partial charge in [-0.2, -0.15) is 0 Å². The molecule has 0 aliphatic carbocycles. The second-order valence-electron chi connectivity index (χ2n) is 6.63. The summed E-state index contributed by atoms with van der Waals surface area (Å²) < 4.78 is 1.12. The highest BCUT2D eigenvalue weighted by Gasteiger charge is 2.11. The highest BCUT2D eigenvalue weighted by atomic mass is 32.1. The van der Waals surface area contributed by atoms with Crippen LogP contribution in [0.4, 0.5) is 5.13 Å². The van der Waals surface area contributed by atoms with Crippen LogP contribution in [0.5, 0.6) is 0 Å². The maximum atomic E-state index is 12.4. The Hall–Kier alpha value is -2.31. The highest BCUT2D eigenvalue weighted by Crippen LogP contribution is 2.27. The third kappa shape index (κ3) is 4.90. The number of anilines is 1. The quantitative estimate of drug-likeness (QED) is 0.567. The van der Waals surface area contributed by atoms with E-state index in [4.69, 9.17) is 12.2 Å². The van der Waals surface area contributed by atoms with Gasteiger partial charge in [-0.05, 0) is 79.9 Å². The van der Waals surface area contributed by atoms with Gasteiger partial charge in [-0.1, -0.05) is 36.8 Å². The number of amides is 1. The molecule has 0 aliphatic heterocycles. The van der Waals surface area contributed by atoms with Gasteiger partial charge in [0.05, 0.1) is 10.2 Å². The van der Waals surface area contributed by atoms with Crippen molar-refractivity contribution in [3.8, 4) is 0 Å². The summed E-state index contributed by atoms with van der Waals surface area (Å²) in [7, 11) is 0. The number of carbonyl (C=O) groups excluding carboxylic acids is 1. The lowest BCUT2D eigenvalue weighted by Gasteiger charge is -2.08. The van der Waals surface area contributed by atoms with Crippen LogP contribution in [0.25, 0.3) is 10.2 Å². The van der Waals surface area contributed by atoms with Crippen molar-refractivity contribution >= 4 is 49.9 Å². The molecular formula is C21H23N3OS2. The molecule has 1 aromatic heterocycles. The van der Waals surface area contributed by atoms with Crippen molar-refractivity contribution in [2.45, 2.75) is 40.0 Å². The number of thiocarbonyl (C=S) groups is 1. The van der Waals surface area contributed by atoms with Crippen LogP contribution >= 0.6 is 23.6 Å². The molecule has 4 nitrogen and oxygen atoms in total. The van der Waals surface area contributed by atoms with Crippen LogP contribution in [-0.2, 0) is 6.42 Å². The minimum absolute atomic E-state index is 0.224. The zero-order valence-corrected chi connectivity index (χ0v) is 17.4. The van der Waals surface area contributed by atoms with E-state index in [0.717, 1.165) is 27.8 Å². The fraction of sp³-hybridized carbons (Fsp3) is 0.286. The Morgan fingerprint density at radius 1 is 1.15 bits per heavy atom. The number of hydrogen-bond donors (Lipinski definition) is 2. The topological polar surface area (TPSA) is 54.0 Å². The smallest absolute Gasteiger partial charge is 0.257 e. The lowest BCUT2D eigenvalue weighted by atomic mass is 10.1. The fourth-order valence-electron chi connectivity index (χ4n) is 2.75. The van der Waals surface area contributed by atoms with Gasteiger partial charge in [0.15, 0.2) is 10.2 Å². The van der Waals surface area contributed by atoms with Gasteiger partial charge in [0.25, 0.3) is 5.91 Å². The van der Waals surface area contributed by atoms with Crippen LogP contribution in [-0.4, -0.2) is 16.0 Å². The molecule has 0 atom stereocenters. The van der Waals surface area contributed by atoms with Crippen LogP contribution in [0.15, 0.2) is 36.4 Å². The minimum atomic E-state index is -0.224. The van der Waals surface area contributed by atoms with Gasteiger partial charge in [0.2, 0.25) is 0 Å². The zero-order valence-electron chi connectivity index (χ0n) is 15.8. The molecule has 6 heteroatoms. The number of thiazole rings is 1. The number of fused-ring (bicyclic) bond motifs is 1. The monoisotopic (exact) mass is 397 g/mol. The van der Waals surface area contributed by atoms with Crippen molar-refractivity contribution in [2.24, 2.45) is 0 Å². The number of aryl methyl sites for hydroxylation is 3. The van der Waals surface area contributed by atoms with Crippen LogP contribution in [0.2, 0.25) is 0 Å². The van der Waals surface area contributed by atoms with Gasteiger partial charge in [-0.3, -0.25) is 10.1 Å². The van der Waals surface area contributed by atoms with Crippen LogP contribution in [0, 0.1) is 13.8 Å². The first-order valence-corrected chi connectivity index (χ1v) is 10.3. The Morgan fingerprint density at radius 3 is 2.70 bits per heavy atom. The van der Waals surface area contributed by atoms with Gasteiger partial charge in [0.1, 0.15) is 0 Å². The van der Waals surface area contributed by atoms with Crippen molar-refractivity contribution in [3.63, 3.8) is 0 Å². The van der Waals surface area contributed by atoms with Crippen LogP contribution < -0.4 is 10.6 Å². The van der Waals surface area contributed by atoms with E-state index in [2.05, 4.69) is 34.7 Å². The predicted octanol–water partition coefficient (Wildman–Crippen LogP) is 5.38. The van der Waals surface area contributed by atoms with Gasteiger partial charge < -0.3 is 5.32 Å². The molecule has 2 N–H and O–H groups in total. The summed E-state index contributed by atoms with van der Waals surface area (Å²) in [4.78, 5) is 16.9. The molecule has 1 amide bonds. The molecule has 3 rings (SSSR count). The molecule has 0 radical (unpaired) electrons. The zero-order chi connectivity index (χ0) is 19.4. The molecule has 0 spiro atoms. The standard InChI is InChI=1S/C21H23N3OS2/c1-4-5-6-15-8-10-17-18(12-15)27-21(22-17)24-20(26)23-19(25)16-9-7-13(2)14(3)11-16/h7-12H,4-6H2,1-3H3,(H2,22,23,24,25,26). The van der Waals surface area contributed by atoms with E-state index in [1.807, 2.05) is 32.0 Å². The average molecular weight is 398 g/mol. The van der Waals surface area contributed by atoms with Crippen molar-refractivity contribution < 1.29 is 4.79 Å². The molecular weight excluding hydrogens is 374 g/mol. The maximum absolute atomic E-state index is 12.4. The molecule has 140 valence electrons. The number of unbranched alkanes of at least 4 members (excludes halogenated alkanes) is 1. The number of carbonyl (C=O) groups is 1. The van der Waals surface area contributed by atoms with Gasteiger partial charge in [-0.25, -0.2) is 4.98 Å². The molecule has 27 heavy (non-hydrogen) atoms. The Morgan fingerprint density at radius 2 is 1.96 bits per heavy atom. The SMILES string of the molecule is CCCCc1ccc2nc(NC(=S)NC(=O)c3ccc(C)c(C)c3)sc2c1. The summed E-state index contributed by atoms with van der Waals surface area (Å²) in [5, 5.41) is 6.69. The lowest BCUT2D eigenvalue weighted by Crippen LogP contribution is -2.34. The minimum Gasteiger partial charge on any atom is -0.308 e. The number of benzene rings is 2. The predicted molar refractivity (Wildman–Crippen MR) is 118 cm³/mol. The molecule has 0 saturated carbocycles. The largest absolute Gasteiger partial charge is 0.308 e. The number of rotatable bonds is 5. The van der Waals surface area contributed by atoms with Crippen molar-refractivity contribution in [3.05, 3.63) is 58.7 Å². The van der Waals surface area contributed by atoms with Gasteiger partial charge in [-0.15, -0.1) is 0 Å². The summed E-state index contributed by atoms with van der Waals surface area (Å²) in [6.45, 7) is 6.20. The Labute approximate surface area is 169 Å². The average Bonchev–Trinajstić information content (AvgIpc) is 3.03. The molecule has 0 saturated heterocycles. The van der Waals surface area contributed by atoms with E-state index in [1.165, 1.54) is 29.7 Å². The van der Waals surface area contributed by atoms with Crippen LogP contribution in [0.3, 0.4) is 0 Å². The van der Waals surface area contributed by atoms with E-state index in [0.29, 0.717) is 10.7 Å². The normalized spacial score (nSPS) is 10.8. The first-order valence-electron chi connectivity index (χ1n) is 9.05. The summed E-state index contributed by atoms with van der Waals surface area (Å²) >= 11 is 6.82. The van der Waals surface area contributed by atoms with Crippen LogP contribution in [0.1, 0.15) is 46.8 Å². The Kier molecular flexibility index (Phi) is 6.19. The van der Waals surface area contributed by atoms with E-state index in [-0.39, 0.29) is 11.0 Å². The molecule has 0 bridgehead atoms. The molecule has 0 unspecified atom stereocenters. The van der Waals surface area contributed by atoms with Crippen molar-refractivity contribution in [2.75, 3.05) is 5.32 Å². The molecule has 1 heterocycles. The third-order valence-corrected chi connectivity index (χ3v) is 5.63. The highest BCUT2D eigenvalue weighted by molar-refractivity contribution is 7.80. The number of aromatic nitrogens is 1. The summed E-state index contributed by atoms with van der Waals surface area (Å²) in [6, 6.07) is 12.0. The van der Waals surface area contributed by atoms with Crippen molar-refractivity contribution in [1.29, 1.82) is 0 Å². The second-order valence-corrected chi connectivity index (χ2v) is 8.07. The number of nitrogens with one attached hydrogen (secondary N) is 2. The van der Waals surface area contributed by atoms with Gasteiger partial charge >= 0.3 is 0 Å². The van der Waals surface area contributed by atoms with Crippen molar-refractivity contribution in [1.82, 2.24) is 10.3 Å².